The summed E-state index contributed by atoms with van der Waals surface area (Å²) in [4.78, 5) is 42.4. The van der Waals surface area contributed by atoms with Gasteiger partial charge < -0.3 is 10.1 Å². The highest BCUT2D eigenvalue weighted by molar-refractivity contribution is 5.96. The van der Waals surface area contributed by atoms with Gasteiger partial charge in [0.15, 0.2) is 0 Å². The maximum absolute atomic E-state index is 12.9. The molecular weight excluding hydrogens is 418 g/mol. The molecule has 166 valence electrons. The number of ether oxygens (including phenoxy) is 1. The quantitative estimate of drug-likeness (QED) is 0.445. The Bertz CT molecular complexity index is 1330. The zero-order valence-corrected chi connectivity index (χ0v) is 18.1. The van der Waals surface area contributed by atoms with Crippen molar-refractivity contribution in [2.24, 2.45) is 0 Å². The lowest BCUT2D eigenvalue weighted by Crippen LogP contribution is -2.43. The number of fused-ring (bicyclic) bond motifs is 1. The molecule has 0 aliphatic heterocycles. The fourth-order valence-corrected chi connectivity index (χ4v) is 3.45. The van der Waals surface area contributed by atoms with Crippen LogP contribution in [0.15, 0.2) is 89.9 Å². The molecule has 2 aromatic carbocycles. The van der Waals surface area contributed by atoms with Crippen LogP contribution in [0, 0.1) is 6.92 Å². The lowest BCUT2D eigenvalue weighted by Gasteiger charge is -2.18. The molecule has 0 bridgehead atoms. The van der Waals surface area contributed by atoms with E-state index in [1.807, 2.05) is 49.4 Å². The molecule has 0 spiro atoms. The summed E-state index contributed by atoms with van der Waals surface area (Å²) in [7, 11) is 0. The van der Waals surface area contributed by atoms with Crippen molar-refractivity contribution in [3.8, 4) is 0 Å². The van der Waals surface area contributed by atoms with Gasteiger partial charge in [0.1, 0.15) is 18.3 Å². The lowest BCUT2D eigenvalue weighted by molar-refractivity contribution is -0.147. The number of hydrogen-bond acceptors (Lipinski definition) is 5. The summed E-state index contributed by atoms with van der Waals surface area (Å²) in [6.45, 7) is 1.73. The molecule has 33 heavy (non-hydrogen) atoms. The second-order valence-corrected chi connectivity index (χ2v) is 7.71. The van der Waals surface area contributed by atoms with Crippen molar-refractivity contribution in [2.45, 2.75) is 26.0 Å². The van der Waals surface area contributed by atoms with Gasteiger partial charge >= 0.3 is 5.97 Å². The van der Waals surface area contributed by atoms with Gasteiger partial charge in [-0.05, 0) is 42.3 Å². The largest absolute Gasteiger partial charge is 0.458 e. The van der Waals surface area contributed by atoms with Crippen LogP contribution in [0.5, 0.6) is 0 Å². The maximum Gasteiger partial charge on any atom is 0.329 e. The molecule has 1 atom stereocenters. The van der Waals surface area contributed by atoms with E-state index in [9.17, 15) is 14.4 Å². The number of hydrogen-bond donors (Lipinski definition) is 1. The third-order valence-corrected chi connectivity index (χ3v) is 5.15. The maximum atomic E-state index is 12.9. The number of pyridine rings is 1. The summed E-state index contributed by atoms with van der Waals surface area (Å²) >= 11 is 0. The van der Waals surface area contributed by atoms with Crippen LogP contribution in [0.25, 0.3) is 5.65 Å². The van der Waals surface area contributed by atoms with Crippen molar-refractivity contribution in [2.75, 3.05) is 0 Å². The summed E-state index contributed by atoms with van der Waals surface area (Å²) in [6.07, 6.45) is 1.93. The number of rotatable bonds is 7. The lowest BCUT2D eigenvalue weighted by atomic mass is 10.1. The topological polar surface area (TPSA) is 89.8 Å². The minimum absolute atomic E-state index is 0.176. The molecule has 0 saturated carbocycles. The Balaban J connectivity index is 1.51. The molecule has 0 saturated heterocycles. The van der Waals surface area contributed by atoms with E-state index in [0.29, 0.717) is 16.9 Å². The first-order chi connectivity index (χ1) is 16.0. The van der Waals surface area contributed by atoms with Crippen LogP contribution in [0.3, 0.4) is 0 Å². The van der Waals surface area contributed by atoms with Crippen molar-refractivity contribution >= 4 is 17.5 Å². The molecule has 2 aromatic heterocycles. The number of amides is 1. The number of esters is 1. The van der Waals surface area contributed by atoms with Crippen LogP contribution in [0.2, 0.25) is 0 Å². The number of aromatic nitrogens is 2. The SMILES string of the molecule is Cc1ccn2c(=O)cc(COC(=O)C(Cc3ccccc3)NC(=O)c3ccccc3)nc2c1. The summed E-state index contributed by atoms with van der Waals surface area (Å²) in [5.41, 5.74) is 2.85. The highest BCUT2D eigenvalue weighted by atomic mass is 16.5. The Kier molecular flexibility index (Phi) is 6.59. The normalized spacial score (nSPS) is 11.7. The van der Waals surface area contributed by atoms with Crippen LogP contribution in [-0.4, -0.2) is 27.3 Å². The van der Waals surface area contributed by atoms with Gasteiger partial charge in [0.2, 0.25) is 0 Å². The van der Waals surface area contributed by atoms with Crippen molar-refractivity contribution in [1.29, 1.82) is 0 Å². The Labute approximate surface area is 190 Å². The highest BCUT2D eigenvalue weighted by Crippen LogP contribution is 2.09. The van der Waals surface area contributed by atoms with Crippen LogP contribution in [0.4, 0.5) is 0 Å². The van der Waals surface area contributed by atoms with Crippen LogP contribution < -0.4 is 10.9 Å². The van der Waals surface area contributed by atoms with E-state index < -0.39 is 12.0 Å². The number of benzene rings is 2. The average Bonchev–Trinajstić information content (AvgIpc) is 2.83. The minimum atomic E-state index is -0.899. The van der Waals surface area contributed by atoms with E-state index >= 15 is 0 Å². The summed E-state index contributed by atoms with van der Waals surface area (Å²) in [5.74, 6) is -0.972. The van der Waals surface area contributed by atoms with Gasteiger partial charge in [-0.1, -0.05) is 48.5 Å². The molecule has 7 nitrogen and oxygen atoms in total. The molecule has 1 amide bonds. The van der Waals surface area contributed by atoms with Crippen LogP contribution in [0.1, 0.15) is 27.2 Å². The van der Waals surface area contributed by atoms with Gasteiger partial charge in [-0.2, -0.15) is 0 Å². The standard InChI is InChI=1S/C26H23N3O4/c1-18-12-13-29-23(14-18)27-21(16-24(29)30)17-33-26(32)22(15-19-8-4-2-5-9-19)28-25(31)20-10-6-3-7-11-20/h2-14,16,22H,15,17H2,1H3,(H,28,31). The van der Waals surface area contributed by atoms with E-state index in [0.717, 1.165) is 11.1 Å². The minimum Gasteiger partial charge on any atom is -0.458 e. The van der Waals surface area contributed by atoms with Crippen molar-refractivity contribution < 1.29 is 14.3 Å². The number of nitrogens with zero attached hydrogens (tertiary/aromatic N) is 2. The number of nitrogens with one attached hydrogen (secondary N) is 1. The highest BCUT2D eigenvalue weighted by Gasteiger charge is 2.24. The van der Waals surface area contributed by atoms with Crippen LogP contribution >= 0.6 is 0 Å². The third-order valence-electron chi connectivity index (χ3n) is 5.15. The summed E-state index contributed by atoms with van der Waals surface area (Å²) in [6, 6.07) is 22.1. The van der Waals surface area contributed by atoms with Crippen LogP contribution in [-0.2, 0) is 22.6 Å². The molecule has 0 radical (unpaired) electrons. The Morgan fingerprint density at radius 1 is 1.00 bits per heavy atom. The fourth-order valence-electron chi connectivity index (χ4n) is 3.45. The number of aryl methyl sites for hydroxylation is 1. The molecule has 0 aliphatic carbocycles. The second-order valence-electron chi connectivity index (χ2n) is 7.71. The zero-order valence-electron chi connectivity index (χ0n) is 18.1. The molecule has 2 heterocycles. The predicted octanol–water partition coefficient (Wildman–Crippen LogP) is 3.09. The van der Waals surface area contributed by atoms with Gasteiger partial charge in [-0.3, -0.25) is 14.0 Å². The van der Waals surface area contributed by atoms with Gasteiger partial charge in [0.05, 0.1) is 5.69 Å². The molecule has 1 unspecified atom stereocenters. The Morgan fingerprint density at radius 3 is 2.42 bits per heavy atom. The van der Waals surface area contributed by atoms with Gasteiger partial charge in [0, 0.05) is 24.2 Å². The average molecular weight is 441 g/mol. The van der Waals surface area contributed by atoms with Gasteiger partial charge in [0.25, 0.3) is 11.5 Å². The van der Waals surface area contributed by atoms with E-state index in [1.54, 1.807) is 36.5 Å². The van der Waals surface area contributed by atoms with E-state index in [-0.39, 0.29) is 24.5 Å². The van der Waals surface area contributed by atoms with E-state index in [4.69, 9.17) is 4.74 Å². The van der Waals surface area contributed by atoms with Crippen molar-refractivity contribution in [3.05, 3.63) is 118 Å². The molecular formula is C26H23N3O4. The smallest absolute Gasteiger partial charge is 0.329 e. The Morgan fingerprint density at radius 2 is 1.70 bits per heavy atom. The summed E-state index contributed by atoms with van der Waals surface area (Å²) < 4.78 is 6.90. The molecule has 0 aliphatic rings. The predicted molar refractivity (Wildman–Crippen MR) is 124 cm³/mol. The second kappa shape index (κ2) is 9.91. The molecule has 4 rings (SSSR count). The molecule has 1 N–H and O–H groups in total. The van der Waals surface area contributed by atoms with Crippen molar-refractivity contribution in [3.63, 3.8) is 0 Å². The molecule has 7 heteroatoms. The number of carbonyl (C=O) groups is 2. The van der Waals surface area contributed by atoms with Crippen molar-refractivity contribution in [1.82, 2.24) is 14.7 Å². The monoisotopic (exact) mass is 441 g/mol. The van der Waals surface area contributed by atoms with Gasteiger partial charge in [-0.25, -0.2) is 9.78 Å². The van der Waals surface area contributed by atoms with E-state index in [2.05, 4.69) is 10.3 Å². The molecule has 0 fully saturated rings. The third kappa shape index (κ3) is 5.51. The van der Waals surface area contributed by atoms with Gasteiger partial charge in [-0.15, -0.1) is 0 Å². The first-order valence-electron chi connectivity index (χ1n) is 10.5. The summed E-state index contributed by atoms with van der Waals surface area (Å²) in [5, 5.41) is 2.77. The first-order valence-corrected chi connectivity index (χ1v) is 10.5. The first kappa shape index (κ1) is 22.0. The molecule has 4 aromatic rings. The fraction of sp³-hybridized carbons (Fsp3) is 0.154. The zero-order chi connectivity index (χ0) is 23.2. The number of carbonyl (C=O) groups excluding carboxylic acids is 2. The Hall–Kier alpha value is -4.26. The van der Waals surface area contributed by atoms with E-state index in [1.165, 1.54) is 10.5 Å².